The molecule has 0 spiro atoms. The highest BCUT2D eigenvalue weighted by atomic mass is 35.5. The van der Waals surface area contributed by atoms with Gasteiger partial charge >= 0.3 is 0 Å². The van der Waals surface area contributed by atoms with Crippen LogP contribution in [0, 0.1) is 5.82 Å². The van der Waals surface area contributed by atoms with Gasteiger partial charge in [0.15, 0.2) is 0 Å². The normalized spacial score (nSPS) is 10.8. The van der Waals surface area contributed by atoms with Crippen molar-refractivity contribution >= 4 is 23.3 Å². The summed E-state index contributed by atoms with van der Waals surface area (Å²) in [4.78, 5) is 16.8. The number of anilines is 1. The number of aromatic nitrogens is 3. The molecule has 2 heterocycles. The van der Waals surface area contributed by atoms with Crippen molar-refractivity contribution in [2.75, 3.05) is 5.32 Å². The molecule has 4 aromatic rings. The van der Waals surface area contributed by atoms with Crippen LogP contribution in [0.2, 0.25) is 5.02 Å². The van der Waals surface area contributed by atoms with Crippen molar-refractivity contribution < 1.29 is 9.18 Å². The minimum absolute atomic E-state index is 0.00787. The van der Waals surface area contributed by atoms with E-state index in [1.54, 1.807) is 30.2 Å². The summed E-state index contributed by atoms with van der Waals surface area (Å²) in [5.74, 6) is -0.126. The number of rotatable bonds is 5. The van der Waals surface area contributed by atoms with Crippen molar-refractivity contribution in [3.05, 3.63) is 89.5 Å². The van der Waals surface area contributed by atoms with Crippen LogP contribution in [0.4, 0.5) is 10.2 Å². The Morgan fingerprint density at radius 2 is 1.80 bits per heavy atom. The summed E-state index contributed by atoms with van der Waals surface area (Å²) in [7, 11) is 1.75. The minimum Gasteiger partial charge on any atom is -0.310 e. The molecule has 1 amide bonds. The Bertz CT molecular complexity index is 1190. The largest absolute Gasteiger partial charge is 0.310 e. The molecule has 0 aliphatic rings. The van der Waals surface area contributed by atoms with E-state index in [4.69, 9.17) is 11.6 Å². The first-order valence-corrected chi connectivity index (χ1v) is 9.67. The SMILES string of the molecule is Cn1nc(-c2ccc(F)c(Cl)c2)c(-c2ccncc2)c1NC(=O)Cc1ccccc1. The molecule has 0 aliphatic heterocycles. The van der Waals surface area contributed by atoms with Crippen LogP contribution in [0.3, 0.4) is 0 Å². The fourth-order valence-corrected chi connectivity index (χ4v) is 3.44. The van der Waals surface area contributed by atoms with Crippen LogP contribution in [0.1, 0.15) is 5.56 Å². The van der Waals surface area contributed by atoms with Crippen LogP contribution in [0.15, 0.2) is 73.1 Å². The van der Waals surface area contributed by atoms with Gasteiger partial charge in [0, 0.05) is 25.0 Å². The maximum Gasteiger partial charge on any atom is 0.229 e. The van der Waals surface area contributed by atoms with Crippen molar-refractivity contribution in [1.29, 1.82) is 0 Å². The number of nitrogens with zero attached hydrogens (tertiary/aromatic N) is 3. The molecule has 30 heavy (non-hydrogen) atoms. The number of aryl methyl sites for hydroxylation is 1. The van der Waals surface area contributed by atoms with Crippen LogP contribution in [-0.4, -0.2) is 20.7 Å². The fraction of sp³-hybridized carbons (Fsp3) is 0.0870. The highest BCUT2D eigenvalue weighted by Crippen LogP contribution is 2.38. The molecule has 2 aromatic carbocycles. The molecule has 0 bridgehead atoms. The topological polar surface area (TPSA) is 59.8 Å². The van der Waals surface area contributed by atoms with E-state index in [-0.39, 0.29) is 17.4 Å². The maximum atomic E-state index is 13.7. The van der Waals surface area contributed by atoms with Gasteiger partial charge in [-0.2, -0.15) is 5.10 Å². The van der Waals surface area contributed by atoms with E-state index < -0.39 is 5.82 Å². The average Bonchev–Trinajstić information content (AvgIpc) is 3.07. The highest BCUT2D eigenvalue weighted by molar-refractivity contribution is 6.31. The summed E-state index contributed by atoms with van der Waals surface area (Å²) in [5, 5.41) is 7.57. The first-order valence-electron chi connectivity index (χ1n) is 9.29. The summed E-state index contributed by atoms with van der Waals surface area (Å²) in [6.07, 6.45) is 3.57. The van der Waals surface area contributed by atoms with E-state index in [0.717, 1.165) is 11.1 Å². The number of amides is 1. The molecule has 0 atom stereocenters. The highest BCUT2D eigenvalue weighted by Gasteiger charge is 2.21. The third-order valence-corrected chi connectivity index (χ3v) is 4.96. The quantitative estimate of drug-likeness (QED) is 0.487. The summed E-state index contributed by atoms with van der Waals surface area (Å²) >= 11 is 5.99. The molecule has 0 radical (unpaired) electrons. The molecule has 0 fully saturated rings. The van der Waals surface area contributed by atoms with E-state index in [0.29, 0.717) is 22.6 Å². The number of pyridine rings is 1. The second kappa shape index (κ2) is 8.47. The molecule has 0 saturated heterocycles. The lowest BCUT2D eigenvalue weighted by atomic mass is 10.0. The number of halogens is 2. The Balaban J connectivity index is 1.77. The molecule has 4 rings (SSSR count). The maximum absolute atomic E-state index is 13.7. The van der Waals surface area contributed by atoms with Gasteiger partial charge < -0.3 is 5.32 Å². The van der Waals surface area contributed by atoms with Crippen molar-refractivity contribution in [2.45, 2.75) is 6.42 Å². The molecule has 0 saturated carbocycles. The van der Waals surface area contributed by atoms with Gasteiger partial charge in [0.2, 0.25) is 5.91 Å². The average molecular weight is 421 g/mol. The zero-order chi connectivity index (χ0) is 21.1. The Kier molecular flexibility index (Phi) is 5.59. The molecule has 0 aliphatic carbocycles. The van der Waals surface area contributed by atoms with Gasteiger partial charge in [-0.05, 0) is 41.5 Å². The molecular weight excluding hydrogens is 403 g/mol. The van der Waals surface area contributed by atoms with Gasteiger partial charge in [0.1, 0.15) is 17.3 Å². The predicted octanol–water partition coefficient (Wildman–Crippen LogP) is 5.12. The molecule has 7 heteroatoms. The third kappa shape index (κ3) is 4.09. The number of hydrogen-bond donors (Lipinski definition) is 1. The summed E-state index contributed by atoms with van der Waals surface area (Å²) < 4.78 is 15.3. The van der Waals surface area contributed by atoms with Crippen molar-refractivity contribution in [1.82, 2.24) is 14.8 Å². The summed E-state index contributed by atoms with van der Waals surface area (Å²) in [6, 6.07) is 17.6. The smallest absolute Gasteiger partial charge is 0.229 e. The van der Waals surface area contributed by atoms with E-state index >= 15 is 0 Å². The van der Waals surface area contributed by atoms with Gasteiger partial charge in [-0.3, -0.25) is 14.5 Å². The van der Waals surface area contributed by atoms with E-state index in [2.05, 4.69) is 15.4 Å². The summed E-state index contributed by atoms with van der Waals surface area (Å²) in [6.45, 7) is 0. The van der Waals surface area contributed by atoms with Crippen LogP contribution in [0.5, 0.6) is 0 Å². The van der Waals surface area contributed by atoms with Crippen LogP contribution >= 0.6 is 11.6 Å². The van der Waals surface area contributed by atoms with E-state index in [1.165, 1.54) is 12.1 Å². The van der Waals surface area contributed by atoms with Gasteiger partial charge in [-0.15, -0.1) is 0 Å². The number of hydrogen-bond acceptors (Lipinski definition) is 3. The van der Waals surface area contributed by atoms with Crippen LogP contribution < -0.4 is 5.32 Å². The number of carbonyl (C=O) groups excluding carboxylic acids is 1. The van der Waals surface area contributed by atoms with Gasteiger partial charge in [0.05, 0.1) is 17.0 Å². The first kappa shape index (κ1) is 19.8. The molecular formula is C23H18ClFN4O. The molecule has 5 nitrogen and oxygen atoms in total. The lowest BCUT2D eigenvalue weighted by Gasteiger charge is -2.10. The zero-order valence-corrected chi connectivity index (χ0v) is 16.9. The second-order valence-corrected chi connectivity index (χ2v) is 7.18. The Morgan fingerprint density at radius 3 is 2.50 bits per heavy atom. The summed E-state index contributed by atoms with van der Waals surface area (Å²) in [5.41, 5.74) is 3.67. The monoisotopic (exact) mass is 420 g/mol. The lowest BCUT2D eigenvalue weighted by molar-refractivity contribution is -0.115. The van der Waals surface area contributed by atoms with Gasteiger partial charge in [-0.1, -0.05) is 41.9 Å². The van der Waals surface area contributed by atoms with Crippen LogP contribution in [-0.2, 0) is 18.3 Å². The van der Waals surface area contributed by atoms with Gasteiger partial charge in [-0.25, -0.2) is 4.39 Å². The van der Waals surface area contributed by atoms with Crippen molar-refractivity contribution in [3.63, 3.8) is 0 Å². The minimum atomic E-state index is -0.502. The Labute approximate surface area is 178 Å². The third-order valence-electron chi connectivity index (χ3n) is 4.67. The van der Waals surface area contributed by atoms with E-state index in [9.17, 15) is 9.18 Å². The molecule has 150 valence electrons. The number of benzene rings is 2. The van der Waals surface area contributed by atoms with E-state index in [1.807, 2.05) is 42.5 Å². The Hall–Kier alpha value is -3.51. The standard InChI is InChI=1S/C23H18ClFN4O/c1-29-23(27-20(30)13-15-5-3-2-4-6-15)21(16-9-11-26-12-10-16)22(28-29)17-7-8-19(25)18(24)14-17/h2-12,14H,13H2,1H3,(H,27,30). The Morgan fingerprint density at radius 1 is 1.07 bits per heavy atom. The predicted molar refractivity (Wildman–Crippen MR) is 116 cm³/mol. The zero-order valence-electron chi connectivity index (χ0n) is 16.1. The van der Waals surface area contributed by atoms with Crippen LogP contribution in [0.25, 0.3) is 22.4 Å². The molecule has 2 aromatic heterocycles. The number of nitrogens with one attached hydrogen (secondary N) is 1. The molecule has 0 unspecified atom stereocenters. The second-order valence-electron chi connectivity index (χ2n) is 6.77. The molecule has 1 N–H and O–H groups in total. The first-order chi connectivity index (χ1) is 14.5. The van der Waals surface area contributed by atoms with Crippen molar-refractivity contribution in [2.24, 2.45) is 7.05 Å². The van der Waals surface area contributed by atoms with Gasteiger partial charge in [0.25, 0.3) is 0 Å². The number of carbonyl (C=O) groups is 1. The lowest BCUT2D eigenvalue weighted by Crippen LogP contribution is -2.17. The fourth-order valence-electron chi connectivity index (χ4n) is 3.26. The van der Waals surface area contributed by atoms with Crippen molar-refractivity contribution in [3.8, 4) is 22.4 Å².